The highest BCUT2D eigenvalue weighted by atomic mass is 127. The maximum absolute atomic E-state index is 12.2. The van der Waals surface area contributed by atoms with Gasteiger partial charge in [-0.05, 0) is 25.5 Å². The topological polar surface area (TPSA) is 56.7 Å². The van der Waals surface area contributed by atoms with Gasteiger partial charge in [0.25, 0.3) is 0 Å². The number of hydrogen-bond acceptors (Lipinski definition) is 2. The number of guanidine groups is 1. The van der Waals surface area contributed by atoms with Gasteiger partial charge in [-0.15, -0.1) is 24.0 Å². The van der Waals surface area contributed by atoms with Crippen LogP contribution < -0.4 is 15.5 Å². The van der Waals surface area contributed by atoms with E-state index >= 15 is 0 Å². The van der Waals surface area contributed by atoms with Crippen molar-refractivity contribution >= 4 is 41.5 Å². The number of nitrogens with one attached hydrogen (secondary N) is 2. The average molecular weight is 416 g/mol. The zero-order valence-corrected chi connectivity index (χ0v) is 15.5. The standard InChI is InChI=1S/C16H24N4O.HI/c1-3-10-18-16(17-4-2)19-13-11-15(21)20(12-13)14-8-6-5-7-9-14;/h5-9,13H,3-4,10-12H2,1-2H3,(H2,17,18,19);1H. The Bertz CT molecular complexity index is 492. The van der Waals surface area contributed by atoms with E-state index < -0.39 is 0 Å². The maximum Gasteiger partial charge on any atom is 0.229 e. The molecule has 1 unspecified atom stereocenters. The third-order valence-corrected chi connectivity index (χ3v) is 3.37. The Morgan fingerprint density at radius 3 is 2.68 bits per heavy atom. The van der Waals surface area contributed by atoms with Gasteiger partial charge in [0.15, 0.2) is 5.96 Å². The van der Waals surface area contributed by atoms with Crippen molar-refractivity contribution in [3.05, 3.63) is 30.3 Å². The fraction of sp³-hybridized carbons (Fsp3) is 0.500. The van der Waals surface area contributed by atoms with Crippen LogP contribution in [-0.4, -0.2) is 37.5 Å². The van der Waals surface area contributed by atoms with Crippen molar-refractivity contribution in [2.45, 2.75) is 32.7 Å². The van der Waals surface area contributed by atoms with Crippen LogP contribution in [0.15, 0.2) is 35.3 Å². The first-order chi connectivity index (χ1) is 10.2. The minimum Gasteiger partial charge on any atom is -0.357 e. The van der Waals surface area contributed by atoms with Crippen LogP contribution >= 0.6 is 24.0 Å². The largest absolute Gasteiger partial charge is 0.357 e. The number of rotatable bonds is 5. The summed E-state index contributed by atoms with van der Waals surface area (Å²) in [6.45, 7) is 6.43. The summed E-state index contributed by atoms with van der Waals surface area (Å²) >= 11 is 0. The van der Waals surface area contributed by atoms with Crippen LogP contribution in [-0.2, 0) is 4.79 Å². The molecule has 1 aliphatic heterocycles. The molecule has 0 radical (unpaired) electrons. The molecule has 2 rings (SSSR count). The first-order valence-electron chi connectivity index (χ1n) is 7.64. The van der Waals surface area contributed by atoms with Gasteiger partial charge in [0, 0.05) is 31.7 Å². The molecule has 1 amide bonds. The molecule has 1 heterocycles. The maximum atomic E-state index is 12.2. The van der Waals surface area contributed by atoms with Crippen molar-refractivity contribution in [2.24, 2.45) is 4.99 Å². The molecule has 5 nitrogen and oxygen atoms in total. The van der Waals surface area contributed by atoms with Crippen LogP contribution in [0, 0.1) is 0 Å². The van der Waals surface area contributed by atoms with Crippen LogP contribution in [0.1, 0.15) is 26.7 Å². The molecule has 0 aliphatic carbocycles. The highest BCUT2D eigenvalue weighted by Crippen LogP contribution is 2.20. The van der Waals surface area contributed by atoms with Gasteiger partial charge >= 0.3 is 0 Å². The summed E-state index contributed by atoms with van der Waals surface area (Å²) in [5, 5.41) is 6.58. The predicted octanol–water partition coefficient (Wildman–Crippen LogP) is 2.38. The Balaban J connectivity index is 0.00000242. The second-order valence-corrected chi connectivity index (χ2v) is 5.15. The first-order valence-corrected chi connectivity index (χ1v) is 7.64. The minimum absolute atomic E-state index is 0. The molecule has 6 heteroatoms. The number of anilines is 1. The van der Waals surface area contributed by atoms with Crippen LogP contribution in [0.5, 0.6) is 0 Å². The van der Waals surface area contributed by atoms with Crippen molar-refractivity contribution in [2.75, 3.05) is 24.5 Å². The van der Waals surface area contributed by atoms with Crippen molar-refractivity contribution < 1.29 is 4.79 Å². The molecule has 1 aliphatic rings. The molecular weight excluding hydrogens is 391 g/mol. The third kappa shape index (κ3) is 5.15. The summed E-state index contributed by atoms with van der Waals surface area (Å²) in [5.41, 5.74) is 0.960. The summed E-state index contributed by atoms with van der Waals surface area (Å²) in [6, 6.07) is 9.91. The fourth-order valence-corrected chi connectivity index (χ4v) is 2.40. The number of halogens is 1. The zero-order chi connectivity index (χ0) is 15.1. The molecular formula is C16H25IN4O. The van der Waals surface area contributed by atoms with Gasteiger partial charge < -0.3 is 15.5 Å². The van der Waals surface area contributed by atoms with E-state index in [1.807, 2.05) is 42.2 Å². The van der Waals surface area contributed by atoms with Crippen molar-refractivity contribution in [1.82, 2.24) is 10.6 Å². The van der Waals surface area contributed by atoms with E-state index in [2.05, 4.69) is 22.5 Å². The first kappa shape index (κ1) is 18.7. The van der Waals surface area contributed by atoms with E-state index in [1.54, 1.807) is 0 Å². The Morgan fingerprint density at radius 2 is 2.05 bits per heavy atom. The second kappa shape index (κ2) is 9.66. The van der Waals surface area contributed by atoms with Gasteiger partial charge in [-0.25, -0.2) is 0 Å². The van der Waals surface area contributed by atoms with Crippen molar-refractivity contribution in [1.29, 1.82) is 0 Å². The van der Waals surface area contributed by atoms with Gasteiger partial charge in [0.1, 0.15) is 0 Å². The molecule has 0 bridgehead atoms. The van der Waals surface area contributed by atoms with E-state index in [9.17, 15) is 4.79 Å². The fourth-order valence-electron chi connectivity index (χ4n) is 2.40. The molecule has 1 atom stereocenters. The lowest BCUT2D eigenvalue weighted by molar-refractivity contribution is -0.117. The molecule has 22 heavy (non-hydrogen) atoms. The predicted molar refractivity (Wildman–Crippen MR) is 102 cm³/mol. The number of amides is 1. The number of hydrogen-bond donors (Lipinski definition) is 2. The van der Waals surface area contributed by atoms with Gasteiger partial charge in [-0.3, -0.25) is 9.79 Å². The Hall–Kier alpha value is -1.31. The molecule has 1 saturated heterocycles. The zero-order valence-electron chi connectivity index (χ0n) is 13.2. The molecule has 0 spiro atoms. The molecule has 1 fully saturated rings. The minimum atomic E-state index is 0. The van der Waals surface area contributed by atoms with Crippen LogP contribution in [0.25, 0.3) is 0 Å². The van der Waals surface area contributed by atoms with E-state index in [0.29, 0.717) is 13.0 Å². The quantitative estimate of drug-likeness (QED) is 0.440. The Labute approximate surface area is 149 Å². The summed E-state index contributed by atoms with van der Waals surface area (Å²) < 4.78 is 0. The smallest absolute Gasteiger partial charge is 0.229 e. The molecule has 2 N–H and O–H groups in total. The van der Waals surface area contributed by atoms with Gasteiger partial charge in [0.05, 0.1) is 6.04 Å². The Morgan fingerprint density at radius 1 is 1.32 bits per heavy atom. The third-order valence-electron chi connectivity index (χ3n) is 3.37. The average Bonchev–Trinajstić information content (AvgIpc) is 2.86. The lowest BCUT2D eigenvalue weighted by atomic mass is 10.2. The number of aliphatic imine (C=N–C) groups is 1. The van der Waals surface area contributed by atoms with Crippen LogP contribution in [0.3, 0.4) is 0 Å². The molecule has 122 valence electrons. The molecule has 1 aromatic carbocycles. The molecule has 1 aromatic rings. The van der Waals surface area contributed by atoms with Gasteiger partial charge in [0.2, 0.25) is 5.91 Å². The summed E-state index contributed by atoms with van der Waals surface area (Å²) in [6.07, 6.45) is 1.52. The van der Waals surface area contributed by atoms with E-state index in [1.165, 1.54) is 0 Å². The SMILES string of the molecule is CCCN=C(NCC)NC1CC(=O)N(c2ccccc2)C1.I. The number of benzene rings is 1. The van der Waals surface area contributed by atoms with Crippen LogP contribution in [0.2, 0.25) is 0 Å². The number of nitrogens with zero attached hydrogens (tertiary/aromatic N) is 2. The highest BCUT2D eigenvalue weighted by molar-refractivity contribution is 14.0. The lowest BCUT2D eigenvalue weighted by Gasteiger charge is -2.18. The lowest BCUT2D eigenvalue weighted by Crippen LogP contribution is -2.44. The number of carbonyl (C=O) groups is 1. The van der Waals surface area contributed by atoms with Crippen molar-refractivity contribution in [3.8, 4) is 0 Å². The number of carbonyl (C=O) groups excluding carboxylic acids is 1. The highest BCUT2D eigenvalue weighted by Gasteiger charge is 2.30. The monoisotopic (exact) mass is 416 g/mol. The van der Waals surface area contributed by atoms with Crippen LogP contribution in [0.4, 0.5) is 5.69 Å². The van der Waals surface area contributed by atoms with E-state index in [0.717, 1.165) is 31.2 Å². The van der Waals surface area contributed by atoms with Gasteiger partial charge in [-0.2, -0.15) is 0 Å². The van der Waals surface area contributed by atoms with Gasteiger partial charge in [-0.1, -0.05) is 25.1 Å². The summed E-state index contributed by atoms with van der Waals surface area (Å²) in [4.78, 5) is 18.5. The van der Waals surface area contributed by atoms with Crippen molar-refractivity contribution in [3.63, 3.8) is 0 Å². The normalized spacial score (nSPS) is 18.1. The summed E-state index contributed by atoms with van der Waals surface area (Å²) in [7, 11) is 0. The summed E-state index contributed by atoms with van der Waals surface area (Å²) in [5.74, 6) is 0.956. The Kier molecular flexibility index (Phi) is 8.22. The number of para-hydroxylation sites is 1. The van der Waals surface area contributed by atoms with E-state index in [-0.39, 0.29) is 35.9 Å². The molecule has 0 saturated carbocycles. The molecule has 0 aromatic heterocycles. The second-order valence-electron chi connectivity index (χ2n) is 5.15. The van der Waals surface area contributed by atoms with E-state index in [4.69, 9.17) is 0 Å².